The first-order valence-corrected chi connectivity index (χ1v) is 8.02. The van der Waals surface area contributed by atoms with Crippen LogP contribution in [0.3, 0.4) is 0 Å². The summed E-state index contributed by atoms with van der Waals surface area (Å²) >= 11 is 1.73. The molecule has 2 atom stereocenters. The summed E-state index contributed by atoms with van der Waals surface area (Å²) < 4.78 is 1.27. The summed E-state index contributed by atoms with van der Waals surface area (Å²) in [5.74, 6) is 0.0535. The van der Waals surface area contributed by atoms with Crippen LogP contribution in [-0.2, 0) is 11.3 Å². The Balaban J connectivity index is 1.59. The number of amides is 1. The van der Waals surface area contributed by atoms with Gasteiger partial charge in [0.05, 0.1) is 6.10 Å². The monoisotopic (exact) mass is 289 g/mol. The van der Waals surface area contributed by atoms with E-state index >= 15 is 0 Å². The van der Waals surface area contributed by atoms with Crippen LogP contribution in [0.2, 0.25) is 0 Å². The minimum Gasteiger partial charge on any atom is -0.393 e. The van der Waals surface area contributed by atoms with Gasteiger partial charge in [0.25, 0.3) is 0 Å². The number of carbonyl (C=O) groups is 1. The number of fused-ring (bicyclic) bond motifs is 1. The van der Waals surface area contributed by atoms with E-state index in [1.165, 1.54) is 10.1 Å². The summed E-state index contributed by atoms with van der Waals surface area (Å²) in [6.45, 7) is 0.567. The van der Waals surface area contributed by atoms with E-state index in [0.717, 1.165) is 24.8 Å². The summed E-state index contributed by atoms with van der Waals surface area (Å²) in [6, 6.07) is 8.39. The Bertz CT molecular complexity index is 607. The number of aliphatic hydroxyl groups excluding tert-OH is 1. The van der Waals surface area contributed by atoms with E-state index in [4.69, 9.17) is 0 Å². The Morgan fingerprint density at radius 3 is 3.10 bits per heavy atom. The number of benzene rings is 1. The van der Waals surface area contributed by atoms with Gasteiger partial charge in [-0.05, 0) is 53.8 Å². The maximum absolute atomic E-state index is 12.1. The van der Waals surface area contributed by atoms with Gasteiger partial charge in [0.1, 0.15) is 0 Å². The van der Waals surface area contributed by atoms with E-state index in [0.29, 0.717) is 13.0 Å². The summed E-state index contributed by atoms with van der Waals surface area (Å²) in [4.78, 5) is 12.1. The molecule has 1 fully saturated rings. The third-order valence-electron chi connectivity index (χ3n) is 4.00. The normalized spacial score (nSPS) is 22.9. The number of nitrogens with one attached hydrogen (secondary N) is 1. The van der Waals surface area contributed by atoms with E-state index in [-0.39, 0.29) is 17.9 Å². The molecule has 1 aromatic carbocycles. The number of hydrogen-bond acceptors (Lipinski definition) is 3. The molecular weight excluding hydrogens is 270 g/mol. The zero-order valence-electron chi connectivity index (χ0n) is 11.3. The number of rotatable bonds is 3. The molecule has 0 bridgehead atoms. The number of carbonyl (C=O) groups excluding carboxylic acids is 1. The highest BCUT2D eigenvalue weighted by Crippen LogP contribution is 2.25. The van der Waals surface area contributed by atoms with Gasteiger partial charge in [0.15, 0.2) is 0 Å². The first-order valence-electron chi connectivity index (χ1n) is 7.14. The van der Waals surface area contributed by atoms with E-state index in [1.807, 2.05) is 0 Å². The second-order valence-electron chi connectivity index (χ2n) is 5.53. The highest BCUT2D eigenvalue weighted by Gasteiger charge is 2.25. The molecular formula is C16H19NO2S. The van der Waals surface area contributed by atoms with Crippen molar-refractivity contribution in [2.45, 2.75) is 38.3 Å². The Morgan fingerprint density at radius 2 is 2.25 bits per heavy atom. The predicted molar refractivity (Wildman–Crippen MR) is 81.6 cm³/mol. The van der Waals surface area contributed by atoms with Gasteiger partial charge in [-0.15, -0.1) is 11.3 Å². The van der Waals surface area contributed by atoms with E-state index in [1.54, 1.807) is 11.3 Å². The van der Waals surface area contributed by atoms with Gasteiger partial charge in [-0.2, -0.15) is 0 Å². The first kappa shape index (κ1) is 13.6. The van der Waals surface area contributed by atoms with Crippen molar-refractivity contribution in [2.75, 3.05) is 0 Å². The van der Waals surface area contributed by atoms with Crippen LogP contribution in [0.4, 0.5) is 0 Å². The van der Waals surface area contributed by atoms with Crippen molar-refractivity contribution >= 4 is 27.3 Å². The van der Waals surface area contributed by atoms with Crippen LogP contribution in [-0.4, -0.2) is 17.1 Å². The van der Waals surface area contributed by atoms with Crippen molar-refractivity contribution in [3.05, 3.63) is 35.2 Å². The van der Waals surface area contributed by atoms with Gasteiger partial charge in [-0.3, -0.25) is 4.79 Å². The van der Waals surface area contributed by atoms with Crippen LogP contribution in [0.1, 0.15) is 31.2 Å². The number of hydrogen-bond donors (Lipinski definition) is 2. The van der Waals surface area contributed by atoms with Crippen LogP contribution in [0.5, 0.6) is 0 Å². The molecule has 1 amide bonds. The molecule has 0 aliphatic heterocycles. The molecule has 0 unspecified atom stereocenters. The maximum atomic E-state index is 12.1. The summed E-state index contributed by atoms with van der Waals surface area (Å²) in [5.41, 5.74) is 1.13. The molecule has 4 heteroatoms. The lowest BCUT2D eigenvalue weighted by atomic mass is 9.86. The Kier molecular flexibility index (Phi) is 4.03. The largest absolute Gasteiger partial charge is 0.393 e. The molecule has 3 nitrogen and oxygen atoms in total. The topological polar surface area (TPSA) is 49.3 Å². The van der Waals surface area contributed by atoms with Gasteiger partial charge >= 0.3 is 0 Å². The Hall–Kier alpha value is -1.39. The molecule has 1 aromatic heterocycles. The van der Waals surface area contributed by atoms with Crippen molar-refractivity contribution in [2.24, 2.45) is 5.92 Å². The maximum Gasteiger partial charge on any atom is 0.223 e. The summed E-state index contributed by atoms with van der Waals surface area (Å²) in [7, 11) is 0. The molecule has 1 aliphatic rings. The van der Waals surface area contributed by atoms with Crippen LogP contribution in [0, 0.1) is 5.92 Å². The third kappa shape index (κ3) is 3.02. The number of thiophene rings is 1. The summed E-state index contributed by atoms with van der Waals surface area (Å²) in [6.07, 6.45) is 2.97. The van der Waals surface area contributed by atoms with Gasteiger partial charge in [0.2, 0.25) is 5.91 Å². The lowest BCUT2D eigenvalue weighted by molar-refractivity contribution is -0.127. The third-order valence-corrected chi connectivity index (χ3v) is 4.90. The van der Waals surface area contributed by atoms with Gasteiger partial charge in [-0.1, -0.05) is 12.5 Å². The Morgan fingerprint density at radius 1 is 1.35 bits per heavy atom. The second-order valence-corrected chi connectivity index (χ2v) is 6.48. The van der Waals surface area contributed by atoms with E-state index in [2.05, 4.69) is 35.0 Å². The van der Waals surface area contributed by atoms with Crippen LogP contribution >= 0.6 is 11.3 Å². The molecule has 1 heterocycles. The minimum absolute atomic E-state index is 0.0244. The molecule has 0 spiro atoms. The average Bonchev–Trinajstić information content (AvgIpc) is 2.92. The summed E-state index contributed by atoms with van der Waals surface area (Å²) in [5, 5.41) is 15.9. The standard InChI is InChI=1S/C16H19NO2S/c18-14-3-1-2-13(9-14)16(19)17-10-11-4-5-15-12(8-11)6-7-20-15/h4-8,13-14,18H,1-3,9-10H2,(H,17,19)/t13-,14+/m1/s1. The zero-order valence-corrected chi connectivity index (χ0v) is 12.2. The Labute approximate surface area is 122 Å². The van der Waals surface area contributed by atoms with Gasteiger partial charge < -0.3 is 10.4 Å². The molecule has 106 valence electrons. The van der Waals surface area contributed by atoms with Crippen molar-refractivity contribution in [1.82, 2.24) is 5.32 Å². The van der Waals surface area contributed by atoms with Crippen molar-refractivity contribution in [1.29, 1.82) is 0 Å². The average molecular weight is 289 g/mol. The van der Waals surface area contributed by atoms with Crippen molar-refractivity contribution in [3.8, 4) is 0 Å². The van der Waals surface area contributed by atoms with Gasteiger partial charge in [-0.25, -0.2) is 0 Å². The zero-order chi connectivity index (χ0) is 13.9. The molecule has 3 rings (SSSR count). The highest BCUT2D eigenvalue weighted by molar-refractivity contribution is 7.17. The van der Waals surface area contributed by atoms with Crippen molar-refractivity contribution < 1.29 is 9.90 Å². The van der Waals surface area contributed by atoms with Crippen LogP contribution in [0.25, 0.3) is 10.1 Å². The van der Waals surface area contributed by atoms with Crippen molar-refractivity contribution in [3.63, 3.8) is 0 Å². The highest BCUT2D eigenvalue weighted by atomic mass is 32.1. The predicted octanol–water partition coefficient (Wildman–Crippen LogP) is 3.07. The van der Waals surface area contributed by atoms with Gasteiger partial charge in [0, 0.05) is 17.2 Å². The fraction of sp³-hybridized carbons (Fsp3) is 0.438. The molecule has 2 N–H and O–H groups in total. The fourth-order valence-electron chi connectivity index (χ4n) is 2.86. The quantitative estimate of drug-likeness (QED) is 0.912. The first-order chi connectivity index (χ1) is 9.72. The fourth-order valence-corrected chi connectivity index (χ4v) is 3.63. The lowest BCUT2D eigenvalue weighted by Gasteiger charge is -2.24. The van der Waals surface area contributed by atoms with Crippen LogP contribution in [0.15, 0.2) is 29.6 Å². The molecule has 0 saturated heterocycles. The van der Waals surface area contributed by atoms with Crippen LogP contribution < -0.4 is 5.32 Å². The SMILES string of the molecule is O=C(NCc1ccc2sccc2c1)[C@@H]1CCC[C@H](O)C1. The molecule has 1 aliphatic carbocycles. The van der Waals surface area contributed by atoms with E-state index in [9.17, 15) is 9.90 Å². The molecule has 2 aromatic rings. The smallest absolute Gasteiger partial charge is 0.223 e. The molecule has 20 heavy (non-hydrogen) atoms. The van der Waals surface area contributed by atoms with E-state index < -0.39 is 0 Å². The lowest BCUT2D eigenvalue weighted by Crippen LogP contribution is -2.34. The molecule has 0 radical (unpaired) electrons. The minimum atomic E-state index is -0.304. The molecule has 1 saturated carbocycles. The number of aliphatic hydroxyl groups is 1. The second kappa shape index (κ2) is 5.94.